The van der Waals surface area contributed by atoms with Crippen molar-refractivity contribution >= 4 is 40.4 Å². The normalized spacial score (nSPS) is 15.4. The lowest BCUT2D eigenvalue weighted by Crippen LogP contribution is -2.44. The summed E-state index contributed by atoms with van der Waals surface area (Å²) in [6, 6.07) is 13.3. The van der Waals surface area contributed by atoms with Crippen molar-refractivity contribution in [3.05, 3.63) is 66.1 Å². The fourth-order valence-electron chi connectivity index (χ4n) is 4.48. The molecule has 0 bridgehead atoms. The van der Waals surface area contributed by atoms with E-state index < -0.39 is 5.41 Å². The zero-order valence-electron chi connectivity index (χ0n) is 19.3. The first kappa shape index (κ1) is 21.9. The third kappa shape index (κ3) is 4.31. The summed E-state index contributed by atoms with van der Waals surface area (Å²) in [7, 11) is 0. The van der Waals surface area contributed by atoms with Gasteiger partial charge < -0.3 is 21.3 Å². The number of hydrogen-bond donors (Lipinski definition) is 4. The van der Waals surface area contributed by atoms with E-state index in [9.17, 15) is 9.59 Å². The lowest BCUT2D eigenvalue weighted by molar-refractivity contribution is -0.126. The minimum Gasteiger partial charge on any atom is -0.353 e. The third-order valence-electron chi connectivity index (χ3n) is 6.64. The van der Waals surface area contributed by atoms with Gasteiger partial charge in [-0.15, -0.1) is 0 Å². The lowest BCUT2D eigenvalue weighted by Gasteiger charge is -2.27. The van der Waals surface area contributed by atoms with E-state index in [4.69, 9.17) is 0 Å². The second-order valence-corrected chi connectivity index (χ2v) is 9.40. The molecule has 1 saturated carbocycles. The Labute approximate surface area is 198 Å². The van der Waals surface area contributed by atoms with E-state index in [1.165, 1.54) is 19.2 Å². The number of amides is 2. The second-order valence-electron chi connectivity index (χ2n) is 9.40. The fourth-order valence-corrected chi connectivity index (χ4v) is 4.48. The topological polar surface area (TPSA) is 108 Å². The maximum atomic E-state index is 13.1. The second kappa shape index (κ2) is 8.78. The Morgan fingerprint density at radius 2 is 1.82 bits per heavy atom. The molecule has 3 aromatic rings. The summed E-state index contributed by atoms with van der Waals surface area (Å²) in [6.07, 6.45) is 7.54. The van der Waals surface area contributed by atoms with E-state index in [0.717, 1.165) is 29.8 Å². The van der Waals surface area contributed by atoms with Crippen LogP contribution in [-0.4, -0.2) is 27.8 Å². The molecule has 2 amide bonds. The molecule has 1 aromatic heterocycles. The van der Waals surface area contributed by atoms with Crippen LogP contribution in [-0.2, 0) is 10.2 Å². The molecule has 2 aromatic carbocycles. The van der Waals surface area contributed by atoms with Gasteiger partial charge in [0.05, 0.1) is 28.0 Å². The molecule has 2 aliphatic rings. The number of nitrogens with one attached hydrogen (secondary N) is 4. The highest BCUT2D eigenvalue weighted by atomic mass is 16.2. The molecule has 34 heavy (non-hydrogen) atoms. The van der Waals surface area contributed by atoms with E-state index in [1.807, 2.05) is 44.2 Å². The van der Waals surface area contributed by atoms with Crippen molar-refractivity contribution in [2.45, 2.75) is 51.0 Å². The maximum Gasteiger partial charge on any atom is 0.257 e. The van der Waals surface area contributed by atoms with Crippen LogP contribution in [0.25, 0.3) is 0 Å². The molecule has 8 heteroatoms. The van der Waals surface area contributed by atoms with Crippen molar-refractivity contribution in [2.75, 3.05) is 16.0 Å². The van der Waals surface area contributed by atoms with Crippen LogP contribution in [0.1, 0.15) is 55.5 Å². The molecule has 1 aliphatic carbocycles. The molecular weight excluding hydrogens is 428 g/mol. The molecule has 174 valence electrons. The van der Waals surface area contributed by atoms with Gasteiger partial charge in [-0.2, -0.15) is 0 Å². The Morgan fingerprint density at radius 1 is 1.00 bits per heavy atom. The smallest absolute Gasteiger partial charge is 0.257 e. The van der Waals surface area contributed by atoms with Gasteiger partial charge in [-0.3, -0.25) is 9.59 Å². The standard InChI is InChI=1S/C26H28N6O2/c1-26(2,25(34)30-17-5-3-4-6-17)16-7-10-20-22(13-16)32-24(33)19-9-8-18(14-21(19)31-20)29-23-11-12-27-15-28-23/h7-15,17,31H,3-6H2,1-2H3,(H,30,34)(H,32,33)(H,27,28,29). The van der Waals surface area contributed by atoms with Crippen LogP contribution < -0.4 is 21.3 Å². The highest BCUT2D eigenvalue weighted by molar-refractivity contribution is 6.12. The van der Waals surface area contributed by atoms with E-state index in [-0.39, 0.29) is 17.9 Å². The molecule has 0 saturated heterocycles. The minimum absolute atomic E-state index is 0.0102. The van der Waals surface area contributed by atoms with E-state index in [1.54, 1.807) is 18.3 Å². The summed E-state index contributed by atoms with van der Waals surface area (Å²) < 4.78 is 0. The molecule has 1 fully saturated rings. The molecule has 2 heterocycles. The van der Waals surface area contributed by atoms with Gasteiger partial charge in [0.2, 0.25) is 5.91 Å². The monoisotopic (exact) mass is 456 g/mol. The number of nitrogens with zero attached hydrogens (tertiary/aromatic N) is 2. The summed E-state index contributed by atoms with van der Waals surface area (Å²) >= 11 is 0. The first-order valence-corrected chi connectivity index (χ1v) is 11.6. The van der Waals surface area contributed by atoms with Crippen molar-refractivity contribution in [1.29, 1.82) is 0 Å². The van der Waals surface area contributed by atoms with Gasteiger partial charge >= 0.3 is 0 Å². The molecule has 0 unspecified atom stereocenters. The Hall–Kier alpha value is -3.94. The summed E-state index contributed by atoms with van der Waals surface area (Å²) in [5, 5.41) is 12.8. The Balaban J connectivity index is 1.40. The maximum absolute atomic E-state index is 13.1. The fraction of sp³-hybridized carbons (Fsp3) is 0.308. The van der Waals surface area contributed by atoms with Crippen LogP contribution >= 0.6 is 0 Å². The first-order valence-electron chi connectivity index (χ1n) is 11.6. The quantitative estimate of drug-likeness (QED) is 0.436. The number of carbonyl (C=O) groups is 2. The van der Waals surface area contributed by atoms with Crippen LogP contribution in [0, 0.1) is 0 Å². The molecule has 5 rings (SSSR count). The lowest BCUT2D eigenvalue weighted by atomic mass is 9.83. The molecule has 0 radical (unpaired) electrons. The summed E-state index contributed by atoms with van der Waals surface area (Å²) in [5.74, 6) is 0.465. The summed E-state index contributed by atoms with van der Waals surface area (Å²) in [5.41, 5.74) is 3.54. The third-order valence-corrected chi connectivity index (χ3v) is 6.64. The number of aromatic nitrogens is 2. The molecule has 1 aliphatic heterocycles. The van der Waals surface area contributed by atoms with Gasteiger partial charge in [-0.1, -0.05) is 18.9 Å². The average Bonchev–Trinajstić information content (AvgIpc) is 3.29. The first-order chi connectivity index (χ1) is 16.4. The van der Waals surface area contributed by atoms with Crippen molar-refractivity contribution in [2.24, 2.45) is 0 Å². The van der Waals surface area contributed by atoms with Gasteiger partial charge in [0, 0.05) is 17.9 Å². The predicted octanol–water partition coefficient (Wildman–Crippen LogP) is 4.87. The number of carbonyl (C=O) groups excluding carboxylic acids is 2. The molecular formula is C26H28N6O2. The average molecular weight is 457 g/mol. The van der Waals surface area contributed by atoms with E-state index in [2.05, 4.69) is 31.2 Å². The molecule has 0 atom stereocenters. The van der Waals surface area contributed by atoms with Gasteiger partial charge in [0.15, 0.2) is 0 Å². The zero-order chi connectivity index (χ0) is 23.7. The van der Waals surface area contributed by atoms with Gasteiger partial charge in [0.1, 0.15) is 12.1 Å². The van der Waals surface area contributed by atoms with Crippen LogP contribution in [0.2, 0.25) is 0 Å². The highest BCUT2D eigenvalue weighted by Crippen LogP contribution is 2.37. The minimum atomic E-state index is -0.726. The van der Waals surface area contributed by atoms with Crippen molar-refractivity contribution < 1.29 is 9.59 Å². The van der Waals surface area contributed by atoms with E-state index >= 15 is 0 Å². The number of anilines is 5. The Bertz CT molecular complexity index is 1240. The Kier molecular flexibility index (Phi) is 5.65. The molecule has 4 N–H and O–H groups in total. The van der Waals surface area contributed by atoms with Gasteiger partial charge in [0.25, 0.3) is 5.91 Å². The van der Waals surface area contributed by atoms with Crippen LogP contribution in [0.3, 0.4) is 0 Å². The zero-order valence-corrected chi connectivity index (χ0v) is 19.3. The largest absolute Gasteiger partial charge is 0.353 e. The van der Waals surface area contributed by atoms with Crippen molar-refractivity contribution in [1.82, 2.24) is 15.3 Å². The van der Waals surface area contributed by atoms with Crippen LogP contribution in [0.4, 0.5) is 28.6 Å². The SMILES string of the molecule is CC(C)(C(=O)NC1CCCC1)c1ccc2c(c1)NC(=O)c1ccc(Nc3ccncn3)cc1N2. The van der Waals surface area contributed by atoms with Gasteiger partial charge in [-0.25, -0.2) is 9.97 Å². The van der Waals surface area contributed by atoms with Gasteiger partial charge in [-0.05, 0) is 68.7 Å². The molecule has 8 nitrogen and oxygen atoms in total. The predicted molar refractivity (Wildman–Crippen MR) is 133 cm³/mol. The van der Waals surface area contributed by atoms with E-state index in [0.29, 0.717) is 22.8 Å². The van der Waals surface area contributed by atoms with Crippen molar-refractivity contribution in [3.8, 4) is 0 Å². The molecule has 0 spiro atoms. The summed E-state index contributed by atoms with van der Waals surface area (Å²) in [6.45, 7) is 3.84. The summed E-state index contributed by atoms with van der Waals surface area (Å²) in [4.78, 5) is 34.2. The number of hydrogen-bond acceptors (Lipinski definition) is 6. The number of fused-ring (bicyclic) bond motifs is 2. The Morgan fingerprint density at radius 3 is 2.59 bits per heavy atom. The highest BCUT2D eigenvalue weighted by Gasteiger charge is 2.33. The number of benzene rings is 2. The van der Waals surface area contributed by atoms with Crippen molar-refractivity contribution in [3.63, 3.8) is 0 Å². The number of rotatable bonds is 5. The van der Waals surface area contributed by atoms with Crippen LogP contribution in [0.5, 0.6) is 0 Å². The van der Waals surface area contributed by atoms with Crippen LogP contribution in [0.15, 0.2) is 55.0 Å².